The van der Waals surface area contributed by atoms with Crippen molar-refractivity contribution in [1.82, 2.24) is 0 Å². The summed E-state index contributed by atoms with van der Waals surface area (Å²) < 4.78 is 40.5. The smallest absolute Gasteiger partial charge is 0.478 e. The highest BCUT2D eigenvalue weighted by atomic mass is 35.5. The lowest BCUT2D eigenvalue weighted by Crippen LogP contribution is -2.20. The molecule has 3 nitrogen and oxygen atoms in total. The molecule has 1 N–H and O–H groups in total. The van der Waals surface area contributed by atoms with Crippen molar-refractivity contribution in [2.24, 2.45) is 0 Å². The second kappa shape index (κ2) is 4.35. The maximum Gasteiger partial charge on any atom is 0.573 e. The number of aryl methyl sites for hydroxylation is 1. The van der Waals surface area contributed by atoms with Crippen molar-refractivity contribution in [2.45, 2.75) is 25.6 Å². The summed E-state index contributed by atoms with van der Waals surface area (Å²) >= 11 is 5.67. The van der Waals surface area contributed by atoms with E-state index >= 15 is 0 Å². The fraction of sp³-hybridized carbons (Fsp3) is 0.364. The van der Waals surface area contributed by atoms with Crippen molar-refractivity contribution in [3.05, 3.63) is 27.8 Å². The van der Waals surface area contributed by atoms with Gasteiger partial charge < -0.3 is 9.84 Å². The molecule has 0 aliphatic heterocycles. The predicted octanol–water partition coefficient (Wildman–Crippen LogP) is 3.43. The number of carbonyl (C=O) groups is 1. The van der Waals surface area contributed by atoms with Crippen LogP contribution < -0.4 is 4.74 Å². The van der Waals surface area contributed by atoms with Crippen LogP contribution in [0.25, 0.3) is 0 Å². The van der Waals surface area contributed by atoms with Crippen LogP contribution in [0.2, 0.25) is 5.02 Å². The third-order valence-corrected chi connectivity index (χ3v) is 3.02. The Morgan fingerprint density at radius 2 is 2.06 bits per heavy atom. The van der Waals surface area contributed by atoms with Crippen LogP contribution in [-0.4, -0.2) is 17.4 Å². The topological polar surface area (TPSA) is 46.5 Å². The van der Waals surface area contributed by atoms with Crippen LogP contribution in [0.5, 0.6) is 5.75 Å². The molecule has 7 heteroatoms. The number of carboxylic acid groups (broad SMARTS) is 1. The molecule has 1 aromatic carbocycles. The molecular weight excluding hydrogens is 273 g/mol. The van der Waals surface area contributed by atoms with E-state index in [0.717, 1.165) is 0 Å². The fourth-order valence-electron chi connectivity index (χ4n) is 2.13. The Hall–Kier alpha value is -1.43. The highest BCUT2D eigenvalue weighted by molar-refractivity contribution is 6.32. The summed E-state index contributed by atoms with van der Waals surface area (Å²) in [5.74, 6) is -2.28. The first-order valence-electron chi connectivity index (χ1n) is 5.13. The number of carboxylic acids is 1. The number of hydrogen-bond acceptors (Lipinski definition) is 2. The molecular formula is C11H8ClF3O3. The maximum atomic E-state index is 12.2. The lowest BCUT2D eigenvalue weighted by atomic mass is 10.0. The van der Waals surface area contributed by atoms with Crippen LogP contribution in [0.15, 0.2) is 6.07 Å². The number of alkyl halides is 3. The van der Waals surface area contributed by atoms with E-state index in [2.05, 4.69) is 4.74 Å². The van der Waals surface area contributed by atoms with E-state index in [9.17, 15) is 18.0 Å². The number of rotatable bonds is 2. The van der Waals surface area contributed by atoms with Gasteiger partial charge in [-0.2, -0.15) is 0 Å². The highest BCUT2D eigenvalue weighted by Gasteiger charge is 2.36. The van der Waals surface area contributed by atoms with Crippen molar-refractivity contribution in [1.29, 1.82) is 0 Å². The van der Waals surface area contributed by atoms with E-state index in [4.69, 9.17) is 16.7 Å². The lowest BCUT2D eigenvalue weighted by molar-refractivity contribution is -0.274. The average Bonchev–Trinajstić information content (AvgIpc) is 2.63. The summed E-state index contributed by atoms with van der Waals surface area (Å²) in [6, 6.07) is 1.34. The molecule has 0 heterocycles. The molecule has 0 amide bonds. The van der Waals surface area contributed by atoms with E-state index < -0.39 is 23.6 Å². The standard InChI is InChI=1S/C11H8ClF3O3/c12-7-4-5-2-1-3-6(5)8(10(16)17)9(7)18-11(13,14)15/h4H,1-3H2,(H,16,17). The molecule has 0 spiro atoms. The first-order valence-corrected chi connectivity index (χ1v) is 5.50. The SMILES string of the molecule is O=C(O)c1c2c(cc(Cl)c1OC(F)(F)F)CCC2. The van der Waals surface area contributed by atoms with Gasteiger partial charge in [-0.1, -0.05) is 11.6 Å². The van der Waals surface area contributed by atoms with Crippen LogP contribution in [0.4, 0.5) is 13.2 Å². The van der Waals surface area contributed by atoms with Gasteiger partial charge in [-0.15, -0.1) is 13.2 Å². The first kappa shape index (κ1) is 13.0. The Morgan fingerprint density at radius 1 is 1.39 bits per heavy atom. The molecule has 0 saturated carbocycles. The van der Waals surface area contributed by atoms with E-state index in [1.54, 1.807) is 0 Å². The van der Waals surface area contributed by atoms with Gasteiger partial charge in [0.05, 0.1) is 5.02 Å². The number of aromatic carboxylic acids is 1. The summed E-state index contributed by atoms with van der Waals surface area (Å²) in [7, 11) is 0. The largest absolute Gasteiger partial charge is 0.573 e. The zero-order valence-corrected chi connectivity index (χ0v) is 9.73. The normalized spacial score (nSPS) is 14.4. The molecule has 1 aromatic rings. The van der Waals surface area contributed by atoms with Crippen molar-refractivity contribution in [3.63, 3.8) is 0 Å². The molecule has 18 heavy (non-hydrogen) atoms. The number of fused-ring (bicyclic) bond motifs is 1. The van der Waals surface area contributed by atoms with Crippen LogP contribution in [0.3, 0.4) is 0 Å². The van der Waals surface area contributed by atoms with Gasteiger partial charge in [0.15, 0.2) is 5.75 Å². The summed E-state index contributed by atoms with van der Waals surface area (Å²) in [6.07, 6.45) is -3.24. The van der Waals surface area contributed by atoms with Gasteiger partial charge in [0.25, 0.3) is 0 Å². The minimum atomic E-state index is -4.97. The molecule has 0 aromatic heterocycles. The second-order valence-electron chi connectivity index (χ2n) is 3.91. The minimum Gasteiger partial charge on any atom is -0.478 e. The van der Waals surface area contributed by atoms with E-state index in [0.29, 0.717) is 30.4 Å². The zero-order valence-electron chi connectivity index (χ0n) is 8.97. The quantitative estimate of drug-likeness (QED) is 0.903. The lowest BCUT2D eigenvalue weighted by Gasteiger charge is -2.15. The molecule has 0 bridgehead atoms. The van der Waals surface area contributed by atoms with Gasteiger partial charge in [-0.25, -0.2) is 4.79 Å². The first-order chi connectivity index (χ1) is 8.29. The van der Waals surface area contributed by atoms with E-state index in [1.807, 2.05) is 0 Å². The van der Waals surface area contributed by atoms with E-state index in [1.165, 1.54) is 6.07 Å². The van der Waals surface area contributed by atoms with Crippen molar-refractivity contribution >= 4 is 17.6 Å². The predicted molar refractivity (Wildman–Crippen MR) is 57.1 cm³/mol. The number of benzene rings is 1. The van der Waals surface area contributed by atoms with Gasteiger partial charge in [-0.3, -0.25) is 0 Å². The number of ether oxygens (including phenoxy) is 1. The monoisotopic (exact) mass is 280 g/mol. The van der Waals surface area contributed by atoms with Crippen LogP contribution in [-0.2, 0) is 12.8 Å². The minimum absolute atomic E-state index is 0.328. The third-order valence-electron chi connectivity index (χ3n) is 2.74. The zero-order chi connectivity index (χ0) is 13.5. The Bertz CT molecular complexity index is 511. The summed E-state index contributed by atoms with van der Waals surface area (Å²) in [5, 5.41) is 8.72. The second-order valence-corrected chi connectivity index (χ2v) is 4.31. The summed E-state index contributed by atoms with van der Waals surface area (Å²) in [4.78, 5) is 11.1. The Labute approximate surface area is 105 Å². The molecule has 1 aliphatic carbocycles. The Balaban J connectivity index is 2.61. The van der Waals surface area contributed by atoms with Crippen molar-refractivity contribution < 1.29 is 27.8 Å². The summed E-state index contributed by atoms with van der Waals surface area (Å²) in [5.41, 5.74) is 0.574. The number of halogens is 4. The van der Waals surface area contributed by atoms with Crippen LogP contribution in [0.1, 0.15) is 27.9 Å². The fourth-order valence-corrected chi connectivity index (χ4v) is 2.39. The van der Waals surface area contributed by atoms with Gasteiger partial charge in [0, 0.05) is 0 Å². The molecule has 0 saturated heterocycles. The summed E-state index contributed by atoms with van der Waals surface area (Å²) in [6.45, 7) is 0. The van der Waals surface area contributed by atoms with Gasteiger partial charge in [0.2, 0.25) is 0 Å². The van der Waals surface area contributed by atoms with Crippen molar-refractivity contribution in [3.8, 4) is 5.75 Å². The Kier molecular flexibility index (Phi) is 3.14. The maximum absolute atomic E-state index is 12.2. The molecule has 98 valence electrons. The van der Waals surface area contributed by atoms with Crippen LogP contribution in [0, 0.1) is 0 Å². The number of hydrogen-bond donors (Lipinski definition) is 1. The van der Waals surface area contributed by atoms with Gasteiger partial charge in [0.1, 0.15) is 5.56 Å². The van der Waals surface area contributed by atoms with Gasteiger partial charge in [-0.05, 0) is 36.5 Å². The molecule has 0 radical (unpaired) electrons. The molecule has 0 atom stereocenters. The highest BCUT2D eigenvalue weighted by Crippen LogP contribution is 2.40. The molecule has 0 fully saturated rings. The average molecular weight is 281 g/mol. The third kappa shape index (κ3) is 2.38. The molecule has 1 aliphatic rings. The molecule has 0 unspecified atom stereocenters. The van der Waals surface area contributed by atoms with Crippen LogP contribution >= 0.6 is 11.6 Å². The van der Waals surface area contributed by atoms with E-state index in [-0.39, 0.29) is 5.02 Å². The van der Waals surface area contributed by atoms with Gasteiger partial charge >= 0.3 is 12.3 Å². The Morgan fingerprint density at radius 3 is 2.61 bits per heavy atom. The van der Waals surface area contributed by atoms with Crippen molar-refractivity contribution in [2.75, 3.05) is 0 Å². The molecule has 2 rings (SSSR count).